The Balaban J connectivity index is 2.36. The Morgan fingerprint density at radius 2 is 2.43 bits per heavy atom. The van der Waals surface area contributed by atoms with Crippen LogP contribution in [0.4, 0.5) is 5.69 Å². The first-order valence-corrected chi connectivity index (χ1v) is 5.42. The maximum Gasteiger partial charge on any atom is 0.335 e. The van der Waals surface area contributed by atoms with E-state index in [-0.39, 0.29) is 0 Å². The number of fused-ring (bicyclic) bond motifs is 1. The first-order chi connectivity index (χ1) is 6.66. The molecule has 3 nitrogen and oxygen atoms in total. The molecule has 0 radical (unpaired) electrons. The fourth-order valence-electron chi connectivity index (χ4n) is 1.42. The van der Waals surface area contributed by atoms with E-state index in [1.807, 2.05) is 6.07 Å². The Morgan fingerprint density at radius 1 is 1.64 bits per heavy atom. The molecule has 4 heteroatoms. The van der Waals surface area contributed by atoms with Crippen LogP contribution in [0.25, 0.3) is 0 Å². The lowest BCUT2D eigenvalue weighted by atomic mass is 10.2. The lowest BCUT2D eigenvalue weighted by Gasteiger charge is -2.23. The highest BCUT2D eigenvalue weighted by molar-refractivity contribution is 7.99. The SMILES string of the molecule is CC1CSc2cc(C(=O)O)ccc2N1. The molecule has 0 saturated carbocycles. The van der Waals surface area contributed by atoms with Gasteiger partial charge in [0.1, 0.15) is 0 Å². The molecule has 2 N–H and O–H groups in total. The maximum absolute atomic E-state index is 10.7. The number of carboxylic acids is 1. The summed E-state index contributed by atoms with van der Waals surface area (Å²) < 4.78 is 0. The van der Waals surface area contributed by atoms with Gasteiger partial charge in [-0.25, -0.2) is 4.79 Å². The monoisotopic (exact) mass is 209 g/mol. The molecule has 1 aromatic rings. The van der Waals surface area contributed by atoms with E-state index in [0.29, 0.717) is 11.6 Å². The summed E-state index contributed by atoms with van der Waals surface area (Å²) in [6.45, 7) is 2.11. The van der Waals surface area contributed by atoms with E-state index >= 15 is 0 Å². The Hall–Kier alpha value is -1.16. The van der Waals surface area contributed by atoms with Crippen LogP contribution in [0.1, 0.15) is 17.3 Å². The molecule has 0 saturated heterocycles. The highest BCUT2D eigenvalue weighted by Crippen LogP contribution is 2.33. The molecule has 1 aliphatic heterocycles. The van der Waals surface area contributed by atoms with Crippen LogP contribution in [0.2, 0.25) is 0 Å². The fourth-order valence-corrected chi connectivity index (χ4v) is 2.42. The largest absolute Gasteiger partial charge is 0.478 e. The van der Waals surface area contributed by atoms with Gasteiger partial charge in [0, 0.05) is 22.4 Å². The predicted octanol–water partition coefficient (Wildman–Crippen LogP) is 2.29. The van der Waals surface area contributed by atoms with Crippen LogP contribution in [0.3, 0.4) is 0 Å². The summed E-state index contributed by atoms with van der Waals surface area (Å²) in [5.74, 6) is 0.114. The van der Waals surface area contributed by atoms with Gasteiger partial charge in [-0.1, -0.05) is 0 Å². The summed E-state index contributed by atoms with van der Waals surface area (Å²) in [7, 11) is 0. The van der Waals surface area contributed by atoms with Crippen LogP contribution >= 0.6 is 11.8 Å². The lowest BCUT2D eigenvalue weighted by Crippen LogP contribution is -2.22. The smallest absolute Gasteiger partial charge is 0.335 e. The highest BCUT2D eigenvalue weighted by Gasteiger charge is 2.15. The van der Waals surface area contributed by atoms with Crippen LogP contribution in [0, 0.1) is 0 Å². The molecule has 0 amide bonds. The van der Waals surface area contributed by atoms with Gasteiger partial charge >= 0.3 is 5.97 Å². The number of hydrogen-bond acceptors (Lipinski definition) is 3. The third kappa shape index (κ3) is 1.70. The van der Waals surface area contributed by atoms with Gasteiger partial charge in [-0.2, -0.15) is 0 Å². The number of hydrogen-bond donors (Lipinski definition) is 2. The summed E-state index contributed by atoms with van der Waals surface area (Å²) in [4.78, 5) is 11.8. The van der Waals surface area contributed by atoms with Gasteiger partial charge in [-0.3, -0.25) is 0 Å². The first-order valence-electron chi connectivity index (χ1n) is 4.43. The van der Waals surface area contributed by atoms with Crippen LogP contribution in [0.15, 0.2) is 23.1 Å². The minimum absolute atomic E-state index is 0.354. The quantitative estimate of drug-likeness (QED) is 0.745. The first kappa shape index (κ1) is 9.40. The van der Waals surface area contributed by atoms with Crippen LogP contribution in [-0.4, -0.2) is 22.9 Å². The van der Waals surface area contributed by atoms with Crippen molar-refractivity contribution in [3.63, 3.8) is 0 Å². The topological polar surface area (TPSA) is 49.3 Å². The van der Waals surface area contributed by atoms with Crippen LogP contribution < -0.4 is 5.32 Å². The molecule has 1 atom stereocenters. The van der Waals surface area contributed by atoms with E-state index in [1.54, 1.807) is 23.9 Å². The van der Waals surface area contributed by atoms with Crippen molar-refractivity contribution < 1.29 is 9.90 Å². The third-order valence-corrected chi connectivity index (χ3v) is 3.43. The molecule has 0 aromatic heterocycles. The van der Waals surface area contributed by atoms with Gasteiger partial charge in [0.2, 0.25) is 0 Å². The van der Waals surface area contributed by atoms with E-state index in [0.717, 1.165) is 16.3 Å². The summed E-state index contributed by atoms with van der Waals surface area (Å²) >= 11 is 1.70. The molecule has 0 spiro atoms. The molecule has 0 aliphatic carbocycles. The Bertz CT molecular complexity index is 378. The van der Waals surface area contributed by atoms with E-state index in [9.17, 15) is 4.79 Å². The molecule has 0 bridgehead atoms. The predicted molar refractivity (Wildman–Crippen MR) is 57.2 cm³/mol. The molecular weight excluding hydrogens is 198 g/mol. The van der Waals surface area contributed by atoms with Crippen molar-refractivity contribution in [3.05, 3.63) is 23.8 Å². The molecule has 1 aromatic carbocycles. The van der Waals surface area contributed by atoms with Crippen molar-refractivity contribution in [2.45, 2.75) is 17.9 Å². The average molecular weight is 209 g/mol. The Morgan fingerprint density at radius 3 is 3.14 bits per heavy atom. The van der Waals surface area contributed by atoms with E-state index in [1.165, 1.54) is 0 Å². The molecule has 2 rings (SSSR count). The number of aromatic carboxylic acids is 1. The van der Waals surface area contributed by atoms with Gasteiger partial charge in [0.05, 0.1) is 5.56 Å². The van der Waals surface area contributed by atoms with Gasteiger partial charge < -0.3 is 10.4 Å². The fraction of sp³-hybridized carbons (Fsp3) is 0.300. The van der Waals surface area contributed by atoms with Gasteiger partial charge in [0.15, 0.2) is 0 Å². The number of rotatable bonds is 1. The summed E-state index contributed by atoms with van der Waals surface area (Å²) in [6, 6.07) is 5.64. The second kappa shape index (κ2) is 3.53. The third-order valence-electron chi connectivity index (χ3n) is 2.12. The van der Waals surface area contributed by atoms with Crippen molar-refractivity contribution in [1.29, 1.82) is 0 Å². The van der Waals surface area contributed by atoms with Crippen LogP contribution in [-0.2, 0) is 0 Å². The summed E-state index contributed by atoms with van der Waals surface area (Å²) in [6.07, 6.45) is 0. The lowest BCUT2D eigenvalue weighted by molar-refractivity contribution is 0.0696. The number of nitrogens with one attached hydrogen (secondary N) is 1. The van der Waals surface area contributed by atoms with Gasteiger partial charge in [-0.05, 0) is 25.1 Å². The molecular formula is C10H11NO2S. The Kier molecular flexibility index (Phi) is 2.37. The van der Waals surface area contributed by atoms with Crippen molar-refractivity contribution >= 4 is 23.4 Å². The number of benzene rings is 1. The van der Waals surface area contributed by atoms with Crippen LogP contribution in [0.5, 0.6) is 0 Å². The highest BCUT2D eigenvalue weighted by atomic mass is 32.2. The molecule has 14 heavy (non-hydrogen) atoms. The molecule has 0 fully saturated rings. The van der Waals surface area contributed by atoms with E-state index < -0.39 is 5.97 Å². The molecule has 74 valence electrons. The van der Waals surface area contributed by atoms with Crippen molar-refractivity contribution in [2.75, 3.05) is 11.1 Å². The zero-order valence-electron chi connectivity index (χ0n) is 7.78. The number of anilines is 1. The summed E-state index contributed by atoms with van der Waals surface area (Å²) in [5, 5.41) is 12.1. The molecule has 1 heterocycles. The zero-order chi connectivity index (χ0) is 10.1. The minimum atomic E-state index is -0.868. The van der Waals surface area contributed by atoms with E-state index in [2.05, 4.69) is 12.2 Å². The van der Waals surface area contributed by atoms with Crippen molar-refractivity contribution in [1.82, 2.24) is 0 Å². The second-order valence-electron chi connectivity index (χ2n) is 3.37. The number of thioether (sulfide) groups is 1. The number of carboxylic acid groups (broad SMARTS) is 1. The molecule has 1 unspecified atom stereocenters. The normalized spacial score (nSPS) is 19.6. The zero-order valence-corrected chi connectivity index (χ0v) is 8.60. The standard InChI is InChI=1S/C10H11NO2S/c1-6-5-14-9-4-7(10(12)13)2-3-8(9)11-6/h2-4,6,11H,5H2,1H3,(H,12,13). The second-order valence-corrected chi connectivity index (χ2v) is 4.43. The van der Waals surface area contributed by atoms with Gasteiger partial charge in [0.25, 0.3) is 0 Å². The average Bonchev–Trinajstić information content (AvgIpc) is 2.16. The maximum atomic E-state index is 10.7. The molecule has 1 aliphatic rings. The summed E-state index contributed by atoms with van der Waals surface area (Å²) in [5.41, 5.74) is 1.39. The van der Waals surface area contributed by atoms with Crippen molar-refractivity contribution in [2.24, 2.45) is 0 Å². The van der Waals surface area contributed by atoms with Gasteiger partial charge in [-0.15, -0.1) is 11.8 Å². The van der Waals surface area contributed by atoms with E-state index in [4.69, 9.17) is 5.11 Å². The number of carbonyl (C=O) groups is 1. The Labute approximate surface area is 86.5 Å². The minimum Gasteiger partial charge on any atom is -0.478 e. The van der Waals surface area contributed by atoms with Crippen molar-refractivity contribution in [3.8, 4) is 0 Å².